The summed E-state index contributed by atoms with van der Waals surface area (Å²) in [7, 11) is -3.44. The minimum Gasteiger partial charge on any atom is -0.315 e. The Bertz CT molecular complexity index is 574. The van der Waals surface area contributed by atoms with Crippen molar-refractivity contribution in [1.29, 1.82) is 0 Å². The van der Waals surface area contributed by atoms with Gasteiger partial charge in [-0.15, -0.1) is 12.4 Å². The normalized spacial score (nSPS) is 18.8. The van der Waals surface area contributed by atoms with Crippen molar-refractivity contribution in [3.63, 3.8) is 0 Å². The van der Waals surface area contributed by atoms with Crippen molar-refractivity contribution in [2.24, 2.45) is 0 Å². The van der Waals surface area contributed by atoms with Crippen LogP contribution in [0.2, 0.25) is 0 Å². The number of rotatable bonds is 5. The molecule has 4 nitrogen and oxygen atoms in total. The monoisotopic (exact) mass is 396 g/mol. The van der Waals surface area contributed by atoms with Crippen LogP contribution >= 0.6 is 28.3 Å². The summed E-state index contributed by atoms with van der Waals surface area (Å²) in [5.41, 5.74) is 0.777. The number of halogens is 2. The van der Waals surface area contributed by atoms with Gasteiger partial charge in [-0.25, -0.2) is 8.42 Å². The van der Waals surface area contributed by atoms with Crippen molar-refractivity contribution in [3.8, 4) is 0 Å². The summed E-state index contributed by atoms with van der Waals surface area (Å²) in [4.78, 5) is 0.409. The second-order valence-corrected chi connectivity index (χ2v) is 7.84. The first-order valence-electron chi connectivity index (χ1n) is 6.96. The van der Waals surface area contributed by atoms with Gasteiger partial charge in [-0.05, 0) is 44.0 Å². The molecule has 0 amide bonds. The molecule has 1 atom stereocenters. The van der Waals surface area contributed by atoms with Crippen LogP contribution in [0.4, 0.5) is 0 Å². The molecular formula is C14H22BrClN2O2S. The Balaban J connectivity index is 0.00000220. The Hall–Kier alpha value is -0.140. The molecule has 0 saturated carbocycles. The molecule has 2 rings (SSSR count). The average Bonchev–Trinajstić information content (AvgIpc) is 2.92. The summed E-state index contributed by atoms with van der Waals surface area (Å²) >= 11 is 3.41. The molecule has 7 heteroatoms. The number of hydrogen-bond acceptors (Lipinski definition) is 3. The summed E-state index contributed by atoms with van der Waals surface area (Å²) in [5.74, 6) is 0. The molecule has 1 N–H and O–H groups in total. The second-order valence-electron chi connectivity index (χ2n) is 5.13. The van der Waals surface area contributed by atoms with E-state index in [-0.39, 0.29) is 18.4 Å². The molecule has 0 aliphatic carbocycles. The fraction of sp³-hybridized carbons (Fsp3) is 0.571. The molecule has 1 saturated heterocycles. The third kappa shape index (κ3) is 3.99. The standard InChI is InChI=1S/C14H21BrN2O2S.ClH/c1-3-9-17(12-7-8-16-10-12)20(18,19)14-6-4-5-13(15)11(14)2;/h4-6,12,16H,3,7-10H2,1-2H3;1H. The Labute approximate surface area is 141 Å². The minimum absolute atomic E-state index is 0. The molecule has 1 aromatic rings. The molecule has 120 valence electrons. The molecule has 1 unspecified atom stereocenters. The zero-order chi connectivity index (χ0) is 14.8. The highest BCUT2D eigenvalue weighted by atomic mass is 79.9. The molecule has 1 aromatic carbocycles. The maximum atomic E-state index is 13.0. The molecule has 1 aliphatic heterocycles. The van der Waals surface area contributed by atoms with E-state index in [2.05, 4.69) is 21.2 Å². The van der Waals surface area contributed by atoms with Crippen molar-refractivity contribution >= 4 is 38.4 Å². The van der Waals surface area contributed by atoms with E-state index >= 15 is 0 Å². The zero-order valence-electron chi connectivity index (χ0n) is 12.3. The number of hydrogen-bond donors (Lipinski definition) is 1. The maximum absolute atomic E-state index is 13.0. The lowest BCUT2D eigenvalue weighted by Gasteiger charge is -2.28. The maximum Gasteiger partial charge on any atom is 0.243 e. The van der Waals surface area contributed by atoms with Crippen LogP contribution in [0.1, 0.15) is 25.3 Å². The lowest BCUT2D eigenvalue weighted by Crippen LogP contribution is -2.42. The van der Waals surface area contributed by atoms with E-state index in [0.717, 1.165) is 36.0 Å². The molecule has 0 bridgehead atoms. The van der Waals surface area contributed by atoms with Gasteiger partial charge in [-0.1, -0.05) is 28.9 Å². The van der Waals surface area contributed by atoms with Gasteiger partial charge in [-0.3, -0.25) is 0 Å². The Morgan fingerprint density at radius 3 is 2.71 bits per heavy atom. The lowest BCUT2D eigenvalue weighted by molar-refractivity contribution is 0.335. The van der Waals surface area contributed by atoms with Crippen molar-refractivity contribution in [1.82, 2.24) is 9.62 Å². The van der Waals surface area contributed by atoms with Gasteiger partial charge in [0.25, 0.3) is 0 Å². The largest absolute Gasteiger partial charge is 0.315 e. The van der Waals surface area contributed by atoms with Crippen molar-refractivity contribution in [2.75, 3.05) is 19.6 Å². The first kappa shape index (κ1) is 18.9. The highest BCUT2D eigenvalue weighted by Crippen LogP contribution is 2.28. The Morgan fingerprint density at radius 2 is 2.14 bits per heavy atom. The number of benzene rings is 1. The van der Waals surface area contributed by atoms with Crippen LogP contribution in [0.25, 0.3) is 0 Å². The Kier molecular flexibility index (Phi) is 7.13. The number of nitrogens with one attached hydrogen (secondary N) is 1. The highest BCUT2D eigenvalue weighted by molar-refractivity contribution is 9.10. The van der Waals surface area contributed by atoms with Crippen LogP contribution in [0.3, 0.4) is 0 Å². The van der Waals surface area contributed by atoms with Crippen molar-refractivity contribution < 1.29 is 8.42 Å². The predicted molar refractivity (Wildman–Crippen MR) is 91.6 cm³/mol. The van der Waals surface area contributed by atoms with Gasteiger partial charge in [0.1, 0.15) is 0 Å². The smallest absolute Gasteiger partial charge is 0.243 e. The minimum atomic E-state index is -3.44. The van der Waals surface area contributed by atoms with Crippen LogP contribution in [-0.2, 0) is 10.0 Å². The summed E-state index contributed by atoms with van der Waals surface area (Å²) in [6, 6.07) is 5.41. The van der Waals surface area contributed by atoms with E-state index in [9.17, 15) is 8.42 Å². The van der Waals surface area contributed by atoms with Gasteiger partial charge in [0.2, 0.25) is 10.0 Å². The van der Waals surface area contributed by atoms with Crippen molar-refractivity contribution in [2.45, 2.75) is 37.6 Å². The molecule has 1 aliphatic rings. The SMILES string of the molecule is CCCN(C1CCNC1)S(=O)(=O)c1cccc(Br)c1C.Cl. The zero-order valence-corrected chi connectivity index (χ0v) is 15.5. The summed E-state index contributed by atoms with van der Waals surface area (Å²) in [6.45, 7) is 6.05. The third-order valence-corrected chi connectivity index (χ3v) is 6.65. The highest BCUT2D eigenvalue weighted by Gasteiger charge is 2.33. The van der Waals surface area contributed by atoms with E-state index in [1.807, 2.05) is 19.9 Å². The lowest BCUT2D eigenvalue weighted by atomic mass is 10.2. The van der Waals surface area contributed by atoms with Gasteiger partial charge in [0.15, 0.2) is 0 Å². The topological polar surface area (TPSA) is 49.4 Å². The number of nitrogens with zero attached hydrogens (tertiary/aromatic N) is 1. The van der Waals surface area contributed by atoms with Gasteiger partial charge >= 0.3 is 0 Å². The van der Waals surface area contributed by atoms with Gasteiger partial charge in [0, 0.05) is 23.6 Å². The number of sulfonamides is 1. The van der Waals surface area contributed by atoms with E-state index in [4.69, 9.17) is 0 Å². The van der Waals surface area contributed by atoms with Crippen LogP contribution in [0.5, 0.6) is 0 Å². The van der Waals surface area contributed by atoms with E-state index in [0.29, 0.717) is 11.4 Å². The van der Waals surface area contributed by atoms with Crippen LogP contribution in [-0.4, -0.2) is 38.4 Å². The van der Waals surface area contributed by atoms with Crippen LogP contribution < -0.4 is 5.32 Å². The van der Waals surface area contributed by atoms with E-state index in [1.54, 1.807) is 16.4 Å². The fourth-order valence-electron chi connectivity index (χ4n) is 2.60. The van der Waals surface area contributed by atoms with Crippen LogP contribution in [0.15, 0.2) is 27.6 Å². The summed E-state index contributed by atoms with van der Waals surface area (Å²) in [6.07, 6.45) is 1.70. The Morgan fingerprint density at radius 1 is 1.43 bits per heavy atom. The van der Waals surface area contributed by atoms with Gasteiger partial charge < -0.3 is 5.32 Å². The molecule has 0 aromatic heterocycles. The molecule has 0 radical (unpaired) electrons. The summed E-state index contributed by atoms with van der Waals surface area (Å²) in [5, 5.41) is 3.25. The van der Waals surface area contributed by atoms with E-state index in [1.165, 1.54) is 0 Å². The summed E-state index contributed by atoms with van der Waals surface area (Å²) < 4.78 is 28.4. The van der Waals surface area contributed by atoms with Gasteiger partial charge in [-0.2, -0.15) is 4.31 Å². The second kappa shape index (κ2) is 7.92. The van der Waals surface area contributed by atoms with Gasteiger partial charge in [0.05, 0.1) is 4.90 Å². The first-order chi connectivity index (χ1) is 9.48. The molecule has 21 heavy (non-hydrogen) atoms. The predicted octanol–water partition coefficient (Wildman–Crippen LogP) is 2.94. The average molecular weight is 398 g/mol. The van der Waals surface area contributed by atoms with Crippen molar-refractivity contribution in [3.05, 3.63) is 28.2 Å². The quantitative estimate of drug-likeness (QED) is 0.831. The third-order valence-electron chi connectivity index (χ3n) is 3.69. The molecule has 1 fully saturated rings. The fourth-order valence-corrected chi connectivity index (χ4v) is 5.09. The molecule has 1 heterocycles. The molecular weight excluding hydrogens is 376 g/mol. The van der Waals surface area contributed by atoms with Crippen LogP contribution in [0, 0.1) is 6.92 Å². The first-order valence-corrected chi connectivity index (χ1v) is 9.19. The molecule has 0 spiro atoms. The van der Waals surface area contributed by atoms with E-state index < -0.39 is 10.0 Å².